The number of aliphatic hydroxyl groups excluding tert-OH is 2. The number of allylic oxidation sites excluding steroid dienone is 2. The summed E-state index contributed by atoms with van der Waals surface area (Å²) in [4.78, 5) is 19.0. The number of fused-ring (bicyclic) bond motifs is 2. The summed E-state index contributed by atoms with van der Waals surface area (Å²) < 4.78 is 5.70. The van der Waals surface area contributed by atoms with E-state index in [-0.39, 0.29) is 17.4 Å². The summed E-state index contributed by atoms with van der Waals surface area (Å²) in [7, 11) is 0. The van der Waals surface area contributed by atoms with E-state index in [1.807, 2.05) is 44.2 Å². The van der Waals surface area contributed by atoms with Crippen molar-refractivity contribution in [1.29, 1.82) is 5.26 Å². The Hall–Kier alpha value is -2.99. The highest BCUT2D eigenvalue weighted by Crippen LogP contribution is 2.47. The number of ether oxygens (including phenoxy) is 1. The lowest BCUT2D eigenvalue weighted by molar-refractivity contribution is -0.146. The molecule has 2 aromatic rings. The highest BCUT2D eigenvalue weighted by Gasteiger charge is 2.59. The summed E-state index contributed by atoms with van der Waals surface area (Å²) >= 11 is 0. The maximum absolute atomic E-state index is 12.3. The summed E-state index contributed by atoms with van der Waals surface area (Å²) in [5, 5.41) is 31.2. The van der Waals surface area contributed by atoms with Crippen molar-refractivity contribution in [3.05, 3.63) is 53.6 Å². The van der Waals surface area contributed by atoms with Crippen molar-refractivity contribution in [2.45, 2.75) is 89.6 Å². The lowest BCUT2D eigenvalue weighted by atomic mass is 9.77. The predicted octanol–water partition coefficient (Wildman–Crippen LogP) is 4.57. The van der Waals surface area contributed by atoms with Crippen molar-refractivity contribution < 1.29 is 19.7 Å². The predicted molar refractivity (Wildman–Crippen MR) is 137 cm³/mol. The van der Waals surface area contributed by atoms with E-state index >= 15 is 0 Å². The fourth-order valence-electron chi connectivity index (χ4n) is 5.38. The average molecular weight is 493 g/mol. The first-order valence-electron chi connectivity index (χ1n) is 12.6. The molecule has 2 aliphatic heterocycles. The molecule has 36 heavy (non-hydrogen) atoms. The molecule has 2 unspecified atom stereocenters. The lowest BCUT2D eigenvalue weighted by Gasteiger charge is -2.36. The first-order valence-corrected chi connectivity index (χ1v) is 12.6. The maximum Gasteiger partial charge on any atom is 0.291 e. The number of carbonyl (C=O) groups is 1. The average Bonchev–Trinajstić information content (AvgIpc) is 3.37. The molecule has 4 atom stereocenters. The molecule has 3 aliphatic rings. The van der Waals surface area contributed by atoms with Crippen LogP contribution in [-0.4, -0.2) is 49.5 Å². The molecule has 2 bridgehead atoms. The van der Waals surface area contributed by atoms with Gasteiger partial charge in [0.05, 0.1) is 17.4 Å². The number of H-pyrrole nitrogens is 1. The number of carbonyl (C=O) groups excluding carboxylic acids is 1. The van der Waals surface area contributed by atoms with Gasteiger partial charge in [-0.05, 0) is 69.4 Å². The number of hydrogen-bond donors (Lipinski definition) is 4. The van der Waals surface area contributed by atoms with Gasteiger partial charge in [-0.3, -0.25) is 4.79 Å². The third kappa shape index (κ3) is 5.24. The minimum atomic E-state index is -0.718. The van der Waals surface area contributed by atoms with Gasteiger partial charge in [0.25, 0.3) is 5.91 Å². The van der Waals surface area contributed by atoms with E-state index in [9.17, 15) is 15.0 Å². The van der Waals surface area contributed by atoms with E-state index in [0.717, 1.165) is 49.8 Å². The van der Waals surface area contributed by atoms with Crippen LogP contribution in [0.15, 0.2) is 36.5 Å². The molecule has 192 valence electrons. The quantitative estimate of drug-likeness (QED) is 0.496. The topological polar surface area (TPSA) is 131 Å². The third-order valence-corrected chi connectivity index (χ3v) is 7.77. The van der Waals surface area contributed by atoms with E-state index in [1.54, 1.807) is 0 Å². The van der Waals surface area contributed by atoms with Crippen LogP contribution in [-0.2, 0) is 4.74 Å². The second-order valence-corrected chi connectivity index (χ2v) is 11.3. The fraction of sp³-hybridized carbons (Fsp3) is 0.536. The zero-order valence-electron chi connectivity index (χ0n) is 21.5. The molecular weight excluding hydrogens is 456 g/mol. The molecule has 0 spiro atoms. The number of para-hydroxylation sites is 1. The monoisotopic (exact) mass is 492 g/mol. The molecule has 1 amide bonds. The number of aromatic amines is 1. The molecule has 5 rings (SSSR count). The number of benzene rings is 1. The summed E-state index contributed by atoms with van der Waals surface area (Å²) in [5.74, 6) is -0.208. The SMILES string of the molecule is CC1(C)CC=C(c2ccccc2NC(=O)c2ncc(C#N)[nH]2)CC1.CC12CCC[C@](C)(O1)C(O)[C@@H]2O. The summed E-state index contributed by atoms with van der Waals surface area (Å²) in [6, 6.07) is 9.73. The summed E-state index contributed by atoms with van der Waals surface area (Å²) in [5.41, 5.74) is 2.67. The number of aliphatic hydroxyl groups is 2. The van der Waals surface area contributed by atoms with Gasteiger partial charge in [-0.2, -0.15) is 5.26 Å². The number of rotatable bonds is 3. The third-order valence-electron chi connectivity index (χ3n) is 7.77. The van der Waals surface area contributed by atoms with Crippen molar-refractivity contribution in [2.75, 3.05) is 5.32 Å². The van der Waals surface area contributed by atoms with Crippen LogP contribution in [0.3, 0.4) is 0 Å². The number of nitrogens with zero attached hydrogens (tertiary/aromatic N) is 2. The Morgan fingerprint density at radius 1 is 1.14 bits per heavy atom. The van der Waals surface area contributed by atoms with Crippen LogP contribution in [0.2, 0.25) is 0 Å². The molecule has 0 saturated carbocycles. The maximum atomic E-state index is 12.3. The van der Waals surface area contributed by atoms with Crippen LogP contribution in [0.1, 0.15) is 88.1 Å². The Balaban J connectivity index is 0.000000211. The van der Waals surface area contributed by atoms with Crippen LogP contribution in [0.25, 0.3) is 5.57 Å². The first-order chi connectivity index (χ1) is 17.0. The van der Waals surface area contributed by atoms with Crippen LogP contribution in [0, 0.1) is 16.7 Å². The molecule has 1 aromatic carbocycles. The van der Waals surface area contributed by atoms with Gasteiger partial charge in [0.1, 0.15) is 24.0 Å². The number of anilines is 1. The van der Waals surface area contributed by atoms with E-state index < -0.39 is 23.4 Å². The number of amides is 1. The van der Waals surface area contributed by atoms with Crippen LogP contribution in [0.4, 0.5) is 5.69 Å². The van der Waals surface area contributed by atoms with Gasteiger partial charge in [0, 0.05) is 11.3 Å². The minimum Gasteiger partial charge on any atom is -0.387 e. The number of hydrogen-bond acceptors (Lipinski definition) is 6. The molecule has 8 heteroatoms. The van der Waals surface area contributed by atoms with E-state index in [4.69, 9.17) is 10.00 Å². The van der Waals surface area contributed by atoms with Crippen LogP contribution >= 0.6 is 0 Å². The Morgan fingerprint density at radius 3 is 2.36 bits per heavy atom. The summed E-state index contributed by atoms with van der Waals surface area (Å²) in [6.45, 7) is 8.31. The lowest BCUT2D eigenvalue weighted by Crippen LogP contribution is -2.39. The molecular formula is C28H36N4O4. The number of aromatic nitrogens is 2. The number of nitrogens with one attached hydrogen (secondary N) is 2. The van der Waals surface area contributed by atoms with Crippen molar-refractivity contribution >= 4 is 17.2 Å². The van der Waals surface area contributed by atoms with E-state index in [1.165, 1.54) is 11.8 Å². The Morgan fingerprint density at radius 2 is 1.81 bits per heavy atom. The zero-order valence-corrected chi connectivity index (χ0v) is 21.5. The van der Waals surface area contributed by atoms with Crippen molar-refractivity contribution in [3.8, 4) is 6.07 Å². The highest BCUT2D eigenvalue weighted by molar-refractivity contribution is 6.03. The fourth-order valence-corrected chi connectivity index (χ4v) is 5.38. The highest BCUT2D eigenvalue weighted by atomic mass is 16.6. The molecule has 3 heterocycles. The molecule has 4 N–H and O–H groups in total. The number of nitriles is 1. The van der Waals surface area contributed by atoms with Crippen molar-refractivity contribution in [1.82, 2.24) is 9.97 Å². The molecule has 0 radical (unpaired) electrons. The molecule has 1 aliphatic carbocycles. The Kier molecular flexibility index (Phi) is 7.11. The van der Waals surface area contributed by atoms with Gasteiger partial charge in [-0.25, -0.2) is 4.98 Å². The van der Waals surface area contributed by atoms with E-state index in [2.05, 4.69) is 35.2 Å². The van der Waals surface area contributed by atoms with E-state index in [0.29, 0.717) is 5.41 Å². The second kappa shape index (κ2) is 9.81. The minimum absolute atomic E-state index is 0.139. The van der Waals surface area contributed by atoms with Crippen molar-refractivity contribution in [3.63, 3.8) is 0 Å². The Labute approximate surface area is 212 Å². The van der Waals surface area contributed by atoms with Crippen molar-refractivity contribution in [2.24, 2.45) is 5.41 Å². The standard InChI is InChI=1S/C19H20N4O.C9H16O3/c1-19(2)9-7-13(8-10-19)15-5-3-4-6-16(15)23-18(24)17-21-12-14(11-20)22-17;1-8-4-3-5-9(2,12-8)7(11)6(8)10/h3-7,12H,8-10H2,1-2H3,(H,21,22)(H,23,24);6-7,10-11H,3-5H2,1-2H3/t;6-,7?,8?,9-/m.0/s1. The first kappa shape index (κ1) is 26.1. The van der Waals surface area contributed by atoms with Gasteiger partial charge < -0.3 is 25.3 Å². The summed E-state index contributed by atoms with van der Waals surface area (Å²) in [6.07, 6.45) is 8.08. The zero-order chi connectivity index (χ0) is 26.1. The smallest absolute Gasteiger partial charge is 0.291 e. The van der Waals surface area contributed by atoms with Gasteiger partial charge in [0.2, 0.25) is 0 Å². The molecule has 1 aromatic heterocycles. The van der Waals surface area contributed by atoms with Gasteiger partial charge in [0.15, 0.2) is 5.82 Å². The van der Waals surface area contributed by atoms with Crippen LogP contribution < -0.4 is 5.32 Å². The second-order valence-electron chi connectivity index (χ2n) is 11.3. The molecule has 2 fully saturated rings. The van der Waals surface area contributed by atoms with Gasteiger partial charge >= 0.3 is 0 Å². The van der Waals surface area contributed by atoms with Gasteiger partial charge in [-0.15, -0.1) is 0 Å². The molecule has 2 saturated heterocycles. The van der Waals surface area contributed by atoms with Gasteiger partial charge in [-0.1, -0.05) is 38.1 Å². The molecule has 8 nitrogen and oxygen atoms in total. The van der Waals surface area contributed by atoms with Crippen LogP contribution in [0.5, 0.6) is 0 Å². The normalized spacial score (nSPS) is 30.4. The number of imidazole rings is 1. The largest absolute Gasteiger partial charge is 0.387 e. The Bertz CT molecular complexity index is 1180.